The second-order valence-electron chi connectivity index (χ2n) is 3.66. The van der Waals surface area contributed by atoms with Gasteiger partial charge in [-0.1, -0.05) is 17.7 Å². The minimum absolute atomic E-state index is 0.553. The summed E-state index contributed by atoms with van der Waals surface area (Å²) in [5, 5.41) is 17.5. The number of aromatic nitrogens is 3. The number of halogens is 1. The predicted octanol–water partition coefficient (Wildman–Crippen LogP) is 2.97. The fourth-order valence-corrected chi connectivity index (χ4v) is 2.58. The molecule has 2 rings (SSSR count). The van der Waals surface area contributed by atoms with E-state index < -0.39 is 6.10 Å². The molecule has 1 aromatic carbocycles. The first-order valence-electron chi connectivity index (χ1n) is 5.10. The number of hydrogen-bond acceptors (Lipinski definition) is 4. The van der Waals surface area contributed by atoms with Crippen LogP contribution in [0.4, 0.5) is 0 Å². The summed E-state index contributed by atoms with van der Waals surface area (Å²) in [6, 6.07) is 5.51. The van der Waals surface area contributed by atoms with Gasteiger partial charge in [0.15, 0.2) is 0 Å². The molecule has 1 heterocycles. The number of aliphatic hydroxyl groups is 1. The van der Waals surface area contributed by atoms with Crippen molar-refractivity contribution in [3.8, 4) is 0 Å². The molecule has 2 N–H and O–H groups in total. The van der Waals surface area contributed by atoms with E-state index in [4.69, 9.17) is 11.6 Å². The molecule has 0 aliphatic rings. The summed E-state index contributed by atoms with van der Waals surface area (Å²) < 4.78 is 0. The van der Waals surface area contributed by atoms with Crippen molar-refractivity contribution in [1.82, 2.24) is 15.2 Å². The number of nitrogens with zero attached hydrogens (tertiary/aromatic N) is 2. The summed E-state index contributed by atoms with van der Waals surface area (Å²) in [5.41, 5.74) is 0.724. The maximum absolute atomic E-state index is 9.47. The van der Waals surface area contributed by atoms with Gasteiger partial charge in [-0.2, -0.15) is 0 Å². The van der Waals surface area contributed by atoms with Crippen molar-refractivity contribution in [1.29, 1.82) is 0 Å². The van der Waals surface area contributed by atoms with Crippen molar-refractivity contribution in [2.75, 3.05) is 0 Å². The van der Waals surface area contributed by atoms with E-state index >= 15 is 0 Å². The predicted molar refractivity (Wildman–Crippen MR) is 67.3 cm³/mol. The Morgan fingerprint density at radius 1 is 1.47 bits per heavy atom. The lowest BCUT2D eigenvalue weighted by Gasteiger charge is -2.08. The fourth-order valence-electron chi connectivity index (χ4n) is 1.38. The minimum Gasteiger partial charge on any atom is -0.389 e. The van der Waals surface area contributed by atoms with Crippen LogP contribution in [0.5, 0.6) is 0 Å². The SMILES string of the molecule is Cc1nc(Sc2ccc(C(C)O)c(Cl)c2)n[nH]1. The Balaban J connectivity index is 2.20. The van der Waals surface area contributed by atoms with E-state index in [-0.39, 0.29) is 0 Å². The molecule has 1 atom stereocenters. The second kappa shape index (κ2) is 5.08. The molecule has 90 valence electrons. The Morgan fingerprint density at radius 2 is 2.24 bits per heavy atom. The monoisotopic (exact) mass is 269 g/mol. The van der Waals surface area contributed by atoms with Crippen LogP contribution in [0.25, 0.3) is 0 Å². The van der Waals surface area contributed by atoms with E-state index in [0.717, 1.165) is 16.3 Å². The summed E-state index contributed by atoms with van der Waals surface area (Å²) in [6.07, 6.45) is -0.563. The van der Waals surface area contributed by atoms with Crippen molar-refractivity contribution in [3.63, 3.8) is 0 Å². The summed E-state index contributed by atoms with van der Waals surface area (Å²) in [4.78, 5) is 5.14. The average Bonchev–Trinajstić information content (AvgIpc) is 2.63. The van der Waals surface area contributed by atoms with E-state index in [9.17, 15) is 5.11 Å². The van der Waals surface area contributed by atoms with Gasteiger partial charge >= 0.3 is 0 Å². The first-order chi connectivity index (χ1) is 8.06. The quantitative estimate of drug-likeness (QED) is 0.899. The Labute approximate surface area is 108 Å². The summed E-state index contributed by atoms with van der Waals surface area (Å²) in [7, 11) is 0. The largest absolute Gasteiger partial charge is 0.389 e. The highest BCUT2D eigenvalue weighted by atomic mass is 35.5. The van der Waals surface area contributed by atoms with Crippen molar-refractivity contribution in [2.24, 2.45) is 0 Å². The maximum Gasteiger partial charge on any atom is 0.213 e. The minimum atomic E-state index is -0.563. The summed E-state index contributed by atoms with van der Waals surface area (Å²) in [6.45, 7) is 3.53. The van der Waals surface area contributed by atoms with Gasteiger partial charge in [0.25, 0.3) is 0 Å². The lowest BCUT2D eigenvalue weighted by molar-refractivity contribution is 0.199. The normalized spacial score (nSPS) is 12.7. The van der Waals surface area contributed by atoms with Crippen LogP contribution >= 0.6 is 23.4 Å². The van der Waals surface area contributed by atoms with Gasteiger partial charge in [0.05, 0.1) is 6.10 Å². The van der Waals surface area contributed by atoms with Gasteiger partial charge in [-0.3, -0.25) is 5.10 Å². The number of benzene rings is 1. The molecule has 0 amide bonds. The molecule has 0 bridgehead atoms. The molecule has 17 heavy (non-hydrogen) atoms. The fraction of sp³-hybridized carbons (Fsp3) is 0.273. The van der Waals surface area contributed by atoms with Crippen LogP contribution in [0.1, 0.15) is 24.4 Å². The van der Waals surface area contributed by atoms with E-state index in [0.29, 0.717) is 10.2 Å². The molecule has 0 radical (unpaired) electrons. The van der Waals surface area contributed by atoms with Gasteiger partial charge in [-0.25, -0.2) is 4.98 Å². The van der Waals surface area contributed by atoms with E-state index in [1.807, 2.05) is 19.1 Å². The standard InChI is InChI=1S/C11H12ClN3OS/c1-6(16)9-4-3-8(5-10(9)12)17-11-13-7(2)14-15-11/h3-6,16H,1-2H3,(H,13,14,15). The van der Waals surface area contributed by atoms with Gasteiger partial charge in [0.1, 0.15) is 5.82 Å². The molecule has 0 aliphatic heterocycles. The van der Waals surface area contributed by atoms with Crippen molar-refractivity contribution >= 4 is 23.4 Å². The molecule has 2 aromatic rings. The lowest BCUT2D eigenvalue weighted by Crippen LogP contribution is -1.92. The van der Waals surface area contributed by atoms with Gasteiger partial charge in [0, 0.05) is 9.92 Å². The Hall–Kier alpha value is -1.04. The summed E-state index contributed by atoms with van der Waals surface area (Å²) in [5.74, 6) is 0.777. The second-order valence-corrected chi connectivity index (χ2v) is 5.11. The molecule has 1 aromatic heterocycles. The molecular weight excluding hydrogens is 258 g/mol. The number of H-pyrrole nitrogens is 1. The number of nitrogens with one attached hydrogen (secondary N) is 1. The van der Waals surface area contributed by atoms with Gasteiger partial charge in [-0.15, -0.1) is 5.10 Å². The molecule has 0 saturated carbocycles. The van der Waals surface area contributed by atoms with Crippen LogP contribution in [0.3, 0.4) is 0 Å². The van der Waals surface area contributed by atoms with Crippen molar-refractivity contribution in [3.05, 3.63) is 34.6 Å². The molecule has 0 fully saturated rings. The summed E-state index contributed by atoms with van der Waals surface area (Å²) >= 11 is 7.50. The third-order valence-corrected chi connectivity index (χ3v) is 3.39. The molecule has 4 nitrogen and oxygen atoms in total. The highest BCUT2D eigenvalue weighted by Crippen LogP contribution is 2.31. The van der Waals surface area contributed by atoms with Crippen LogP contribution in [0, 0.1) is 6.92 Å². The van der Waals surface area contributed by atoms with Crippen LogP contribution in [-0.2, 0) is 0 Å². The zero-order valence-corrected chi connectivity index (χ0v) is 11.0. The highest BCUT2D eigenvalue weighted by Gasteiger charge is 2.09. The number of hydrogen-bond donors (Lipinski definition) is 2. The molecule has 0 spiro atoms. The zero-order valence-electron chi connectivity index (χ0n) is 9.44. The first kappa shape index (κ1) is 12.4. The average molecular weight is 270 g/mol. The first-order valence-corrected chi connectivity index (χ1v) is 6.30. The maximum atomic E-state index is 9.47. The zero-order chi connectivity index (χ0) is 12.4. The topological polar surface area (TPSA) is 61.8 Å². The van der Waals surface area contributed by atoms with Gasteiger partial charge in [0.2, 0.25) is 5.16 Å². The number of aliphatic hydroxyl groups excluding tert-OH is 1. The van der Waals surface area contributed by atoms with E-state index in [2.05, 4.69) is 15.2 Å². The van der Waals surface area contributed by atoms with Crippen molar-refractivity contribution in [2.45, 2.75) is 30.0 Å². The third kappa shape index (κ3) is 3.00. The molecular formula is C11H12ClN3OS. The lowest BCUT2D eigenvalue weighted by atomic mass is 10.1. The number of rotatable bonds is 3. The molecule has 6 heteroatoms. The number of aromatic amines is 1. The van der Waals surface area contributed by atoms with Crippen LogP contribution in [0.2, 0.25) is 5.02 Å². The Morgan fingerprint density at radius 3 is 2.76 bits per heavy atom. The molecule has 0 aliphatic carbocycles. The van der Waals surface area contributed by atoms with E-state index in [1.165, 1.54) is 11.8 Å². The van der Waals surface area contributed by atoms with Gasteiger partial charge in [-0.05, 0) is 43.3 Å². The van der Waals surface area contributed by atoms with Crippen molar-refractivity contribution < 1.29 is 5.11 Å². The van der Waals surface area contributed by atoms with Gasteiger partial charge < -0.3 is 5.11 Å². The number of aryl methyl sites for hydroxylation is 1. The van der Waals surface area contributed by atoms with E-state index in [1.54, 1.807) is 13.0 Å². The van der Waals surface area contributed by atoms with Crippen LogP contribution < -0.4 is 0 Å². The van der Waals surface area contributed by atoms with Crippen LogP contribution in [-0.4, -0.2) is 20.3 Å². The van der Waals surface area contributed by atoms with Crippen LogP contribution in [0.15, 0.2) is 28.3 Å². The molecule has 1 unspecified atom stereocenters. The highest BCUT2D eigenvalue weighted by molar-refractivity contribution is 7.99. The Bertz CT molecular complexity index is 527. The third-order valence-electron chi connectivity index (χ3n) is 2.21. The molecule has 0 saturated heterocycles. The Kier molecular flexibility index (Phi) is 3.71. The smallest absolute Gasteiger partial charge is 0.213 e.